The molecule has 1 aromatic rings. The van der Waals surface area contributed by atoms with Crippen molar-refractivity contribution >= 4 is 12.1 Å². The van der Waals surface area contributed by atoms with E-state index < -0.39 is 12.1 Å². The number of nitrogens with zero attached hydrogens (tertiary/aromatic N) is 2. The third-order valence-electron chi connectivity index (χ3n) is 3.11. The zero-order valence-corrected chi connectivity index (χ0v) is 11.1. The Balaban J connectivity index is 2.11. The summed E-state index contributed by atoms with van der Waals surface area (Å²) in [5, 5.41) is 16.1. The number of hydrogen-bond donors (Lipinski definition) is 2. The van der Waals surface area contributed by atoms with Crippen molar-refractivity contribution < 1.29 is 19.4 Å². The molecule has 2 rings (SSSR count). The van der Waals surface area contributed by atoms with Crippen LogP contribution < -0.4 is 5.32 Å². The molecule has 7 heteroatoms. The molecule has 1 amide bonds. The topological polar surface area (TPSA) is 93.5 Å². The molecule has 1 aliphatic rings. The summed E-state index contributed by atoms with van der Waals surface area (Å²) in [7, 11) is 0. The lowest BCUT2D eigenvalue weighted by atomic mass is 10.0. The molecule has 0 spiro atoms. The van der Waals surface area contributed by atoms with Gasteiger partial charge in [-0.1, -0.05) is 12.7 Å². The van der Waals surface area contributed by atoms with Crippen molar-refractivity contribution in [2.75, 3.05) is 6.61 Å². The number of rotatable bonds is 5. The highest BCUT2D eigenvalue weighted by molar-refractivity contribution is 5.90. The Morgan fingerprint density at radius 1 is 1.50 bits per heavy atom. The van der Waals surface area contributed by atoms with Crippen LogP contribution in [0.1, 0.15) is 34.6 Å². The number of aryl methyl sites for hydroxylation is 1. The Morgan fingerprint density at radius 2 is 2.30 bits per heavy atom. The van der Waals surface area contributed by atoms with Gasteiger partial charge in [0.1, 0.15) is 12.2 Å². The molecule has 2 heterocycles. The minimum Gasteiger partial charge on any atom is -0.478 e. The van der Waals surface area contributed by atoms with Gasteiger partial charge in [0.15, 0.2) is 0 Å². The predicted octanol–water partition coefficient (Wildman–Crippen LogP) is 1.33. The summed E-state index contributed by atoms with van der Waals surface area (Å²) in [5.74, 6) is -1.01. The summed E-state index contributed by atoms with van der Waals surface area (Å²) < 4.78 is 6.49. The van der Waals surface area contributed by atoms with E-state index in [0.29, 0.717) is 12.1 Å². The molecule has 2 N–H and O–H groups in total. The van der Waals surface area contributed by atoms with Gasteiger partial charge in [-0.25, -0.2) is 9.59 Å². The number of aromatic carboxylic acids is 1. The van der Waals surface area contributed by atoms with Gasteiger partial charge < -0.3 is 15.2 Å². The number of carboxylic acid groups (broad SMARTS) is 1. The smallest absolute Gasteiger partial charge is 0.407 e. The molecular formula is C13H17N3O4. The minimum atomic E-state index is -1.01. The fourth-order valence-corrected chi connectivity index (χ4v) is 2.26. The molecule has 0 unspecified atom stereocenters. The van der Waals surface area contributed by atoms with E-state index >= 15 is 0 Å². The first kappa shape index (κ1) is 14.1. The number of amides is 1. The number of alkyl carbamates (subject to hydrolysis) is 1. The molecule has 1 aliphatic heterocycles. The molecule has 0 aliphatic carbocycles. The van der Waals surface area contributed by atoms with Crippen LogP contribution in [0.3, 0.4) is 0 Å². The molecule has 0 bridgehead atoms. The van der Waals surface area contributed by atoms with Crippen LogP contribution in [0.5, 0.6) is 0 Å². The van der Waals surface area contributed by atoms with Gasteiger partial charge in [-0.15, -0.1) is 0 Å². The summed E-state index contributed by atoms with van der Waals surface area (Å²) in [6, 6.07) is 0. The highest BCUT2D eigenvalue weighted by atomic mass is 16.5. The Hall–Kier alpha value is -2.31. The number of carbonyl (C=O) groups excluding carboxylic acids is 1. The Morgan fingerprint density at radius 3 is 3.00 bits per heavy atom. The number of fused-ring (bicyclic) bond motifs is 1. The van der Waals surface area contributed by atoms with Gasteiger partial charge in [0.25, 0.3) is 0 Å². The van der Waals surface area contributed by atoms with Crippen LogP contribution in [0.15, 0.2) is 12.7 Å². The summed E-state index contributed by atoms with van der Waals surface area (Å²) >= 11 is 0. The highest BCUT2D eigenvalue weighted by Gasteiger charge is 2.25. The number of aromatic nitrogens is 2. The number of nitrogens with one attached hydrogen (secondary N) is 1. The number of ether oxygens (including phenoxy) is 1. The lowest BCUT2D eigenvalue weighted by molar-refractivity contribution is 0.0693. The number of carboxylic acids is 1. The Labute approximate surface area is 116 Å². The van der Waals surface area contributed by atoms with Crippen LogP contribution in [0.4, 0.5) is 4.79 Å². The molecule has 20 heavy (non-hydrogen) atoms. The average molecular weight is 279 g/mol. The molecule has 0 atom stereocenters. The first-order valence-corrected chi connectivity index (χ1v) is 6.47. The van der Waals surface area contributed by atoms with Crippen LogP contribution in [0.25, 0.3) is 0 Å². The lowest BCUT2D eigenvalue weighted by Gasteiger charge is -2.13. The van der Waals surface area contributed by atoms with Gasteiger partial charge in [0, 0.05) is 6.54 Å². The quantitative estimate of drug-likeness (QED) is 0.793. The van der Waals surface area contributed by atoms with Crippen molar-refractivity contribution in [3.63, 3.8) is 0 Å². The van der Waals surface area contributed by atoms with Crippen LogP contribution in [-0.2, 0) is 24.2 Å². The summed E-state index contributed by atoms with van der Waals surface area (Å²) in [4.78, 5) is 22.7. The van der Waals surface area contributed by atoms with Crippen LogP contribution in [-0.4, -0.2) is 33.6 Å². The molecule has 0 fully saturated rings. The molecule has 1 aromatic heterocycles. The van der Waals surface area contributed by atoms with Gasteiger partial charge >= 0.3 is 12.1 Å². The maximum absolute atomic E-state index is 11.4. The van der Waals surface area contributed by atoms with E-state index in [2.05, 4.69) is 17.0 Å². The normalized spacial score (nSPS) is 13.4. The largest absolute Gasteiger partial charge is 0.478 e. The zero-order valence-electron chi connectivity index (χ0n) is 11.1. The first-order chi connectivity index (χ1) is 9.63. The monoisotopic (exact) mass is 279 g/mol. The second-order valence-electron chi connectivity index (χ2n) is 4.49. The second-order valence-corrected chi connectivity index (χ2v) is 4.49. The lowest BCUT2D eigenvalue weighted by Crippen LogP contribution is -2.25. The zero-order chi connectivity index (χ0) is 14.5. The third-order valence-corrected chi connectivity index (χ3v) is 3.11. The fourth-order valence-electron chi connectivity index (χ4n) is 2.26. The second kappa shape index (κ2) is 6.23. The van der Waals surface area contributed by atoms with Crippen molar-refractivity contribution in [2.24, 2.45) is 0 Å². The average Bonchev–Trinajstić information content (AvgIpc) is 2.81. The van der Waals surface area contributed by atoms with Gasteiger partial charge in [0.2, 0.25) is 0 Å². The van der Waals surface area contributed by atoms with Crippen LogP contribution in [0.2, 0.25) is 0 Å². The number of carbonyl (C=O) groups is 2. The maximum Gasteiger partial charge on any atom is 0.407 e. The van der Waals surface area contributed by atoms with Crippen molar-refractivity contribution in [2.45, 2.75) is 32.4 Å². The summed E-state index contributed by atoms with van der Waals surface area (Å²) in [5.41, 5.74) is 1.30. The SMILES string of the molecule is C=CCOC(=O)NCc1nn2c(c1C(=O)O)CCCC2. The van der Waals surface area contributed by atoms with Gasteiger partial charge in [-0.05, 0) is 19.3 Å². The summed E-state index contributed by atoms with van der Waals surface area (Å²) in [6.07, 6.45) is 3.49. The Bertz CT molecular complexity index is 536. The molecular weight excluding hydrogens is 262 g/mol. The molecule has 0 saturated carbocycles. The van der Waals surface area contributed by atoms with E-state index in [4.69, 9.17) is 4.74 Å². The van der Waals surface area contributed by atoms with Crippen molar-refractivity contribution in [1.82, 2.24) is 15.1 Å². The molecule has 7 nitrogen and oxygen atoms in total. The summed E-state index contributed by atoms with van der Waals surface area (Å²) in [6.45, 7) is 4.30. The van der Waals surface area contributed by atoms with Crippen LogP contribution in [0, 0.1) is 0 Å². The van der Waals surface area contributed by atoms with Crippen molar-refractivity contribution in [3.8, 4) is 0 Å². The van der Waals surface area contributed by atoms with E-state index in [-0.39, 0.29) is 18.7 Å². The van der Waals surface area contributed by atoms with E-state index in [1.807, 2.05) is 0 Å². The van der Waals surface area contributed by atoms with E-state index in [1.54, 1.807) is 4.68 Å². The molecule has 108 valence electrons. The fraction of sp³-hybridized carbons (Fsp3) is 0.462. The predicted molar refractivity (Wildman–Crippen MR) is 70.5 cm³/mol. The van der Waals surface area contributed by atoms with E-state index in [9.17, 15) is 14.7 Å². The maximum atomic E-state index is 11.4. The van der Waals surface area contributed by atoms with Gasteiger partial charge in [-0.2, -0.15) is 5.10 Å². The van der Waals surface area contributed by atoms with Crippen molar-refractivity contribution in [1.29, 1.82) is 0 Å². The first-order valence-electron chi connectivity index (χ1n) is 6.47. The van der Waals surface area contributed by atoms with Crippen molar-refractivity contribution in [3.05, 3.63) is 29.6 Å². The highest BCUT2D eigenvalue weighted by Crippen LogP contribution is 2.21. The van der Waals surface area contributed by atoms with E-state index in [0.717, 1.165) is 25.1 Å². The van der Waals surface area contributed by atoms with Gasteiger partial charge in [-0.3, -0.25) is 4.68 Å². The number of hydrogen-bond acceptors (Lipinski definition) is 4. The molecule has 0 aromatic carbocycles. The Kier molecular flexibility index (Phi) is 4.39. The van der Waals surface area contributed by atoms with E-state index in [1.165, 1.54) is 6.08 Å². The minimum absolute atomic E-state index is 0.0393. The molecule has 0 saturated heterocycles. The van der Waals surface area contributed by atoms with Crippen LogP contribution >= 0.6 is 0 Å². The molecule has 0 radical (unpaired) electrons. The standard InChI is InChI=1S/C13H17N3O4/c1-2-7-20-13(19)14-8-9-11(12(17)18)10-5-3-4-6-16(10)15-9/h2H,1,3-8H2,(H,14,19)(H,17,18). The van der Waals surface area contributed by atoms with Gasteiger partial charge in [0.05, 0.1) is 17.9 Å². The third kappa shape index (κ3) is 2.98.